The van der Waals surface area contributed by atoms with Crippen LogP contribution in [0.25, 0.3) is 5.69 Å². The van der Waals surface area contributed by atoms with Gasteiger partial charge in [-0.2, -0.15) is 0 Å². The van der Waals surface area contributed by atoms with Crippen LogP contribution in [0.1, 0.15) is 5.82 Å². The molecule has 0 radical (unpaired) electrons. The smallest absolute Gasteiger partial charge is 0.194 e. The minimum absolute atomic E-state index is 0. The molecule has 1 fully saturated rings. The molecule has 2 aromatic carbocycles. The van der Waals surface area contributed by atoms with Gasteiger partial charge in [-0.25, -0.2) is 0 Å². The molecular weight excluding hydrogens is 505 g/mol. The Kier molecular flexibility index (Phi) is 8.10. The minimum atomic E-state index is 0. The molecule has 31 heavy (non-hydrogen) atoms. The number of aliphatic imine (C=N–C) groups is 1. The fourth-order valence-corrected chi connectivity index (χ4v) is 3.72. The number of aromatic nitrogens is 3. The van der Waals surface area contributed by atoms with Gasteiger partial charge in [0, 0.05) is 38.9 Å². The molecule has 8 nitrogen and oxygen atoms in total. The number of guanidine groups is 1. The average molecular weight is 533 g/mol. The van der Waals surface area contributed by atoms with Crippen molar-refractivity contribution in [2.24, 2.45) is 4.99 Å². The summed E-state index contributed by atoms with van der Waals surface area (Å²) in [5.41, 5.74) is 2.18. The van der Waals surface area contributed by atoms with E-state index in [0.29, 0.717) is 6.54 Å². The number of hydrogen-bond donors (Lipinski definition) is 1. The summed E-state index contributed by atoms with van der Waals surface area (Å²) >= 11 is 0. The SMILES string of the molecule is CN=C(NCc1nncn1-c1ccccc1)N1CCN(c2ccccc2OC)CC1.I. The molecule has 164 valence electrons. The monoisotopic (exact) mass is 533 g/mol. The molecule has 0 bridgehead atoms. The lowest BCUT2D eigenvalue weighted by Crippen LogP contribution is -2.52. The van der Waals surface area contributed by atoms with E-state index in [-0.39, 0.29) is 24.0 Å². The zero-order valence-electron chi connectivity index (χ0n) is 17.8. The Balaban J connectivity index is 0.00000272. The van der Waals surface area contributed by atoms with E-state index in [2.05, 4.69) is 36.4 Å². The Morgan fingerprint density at radius 1 is 1.03 bits per heavy atom. The van der Waals surface area contributed by atoms with E-state index in [1.54, 1.807) is 13.4 Å². The number of halogens is 1. The zero-order chi connectivity index (χ0) is 20.8. The van der Waals surface area contributed by atoms with Gasteiger partial charge in [-0.1, -0.05) is 30.3 Å². The first-order valence-corrected chi connectivity index (χ1v) is 10.1. The quantitative estimate of drug-likeness (QED) is 0.309. The Morgan fingerprint density at radius 2 is 1.74 bits per heavy atom. The van der Waals surface area contributed by atoms with E-state index in [0.717, 1.165) is 55.1 Å². The van der Waals surface area contributed by atoms with E-state index in [4.69, 9.17) is 4.74 Å². The van der Waals surface area contributed by atoms with Gasteiger partial charge >= 0.3 is 0 Å². The number of nitrogens with zero attached hydrogens (tertiary/aromatic N) is 6. The third-order valence-electron chi connectivity index (χ3n) is 5.27. The van der Waals surface area contributed by atoms with Gasteiger partial charge in [-0.15, -0.1) is 34.2 Å². The van der Waals surface area contributed by atoms with Crippen molar-refractivity contribution in [2.45, 2.75) is 6.54 Å². The number of piperazine rings is 1. The van der Waals surface area contributed by atoms with Crippen molar-refractivity contribution < 1.29 is 4.74 Å². The fourth-order valence-electron chi connectivity index (χ4n) is 3.72. The van der Waals surface area contributed by atoms with Crippen LogP contribution >= 0.6 is 24.0 Å². The van der Waals surface area contributed by atoms with Crippen molar-refractivity contribution in [3.05, 3.63) is 66.7 Å². The molecule has 0 amide bonds. The predicted octanol–water partition coefficient (Wildman–Crippen LogP) is 2.79. The Bertz CT molecular complexity index is 984. The second kappa shape index (κ2) is 11.0. The number of ether oxygens (including phenoxy) is 1. The summed E-state index contributed by atoms with van der Waals surface area (Å²) < 4.78 is 7.50. The fraction of sp³-hybridized carbons (Fsp3) is 0.318. The molecule has 1 aromatic heterocycles. The first-order chi connectivity index (χ1) is 14.8. The Morgan fingerprint density at radius 3 is 2.45 bits per heavy atom. The van der Waals surface area contributed by atoms with Gasteiger partial charge in [0.15, 0.2) is 11.8 Å². The second-order valence-corrected chi connectivity index (χ2v) is 7.00. The van der Waals surface area contributed by atoms with Crippen molar-refractivity contribution >= 4 is 35.6 Å². The lowest BCUT2D eigenvalue weighted by molar-refractivity contribution is 0.366. The van der Waals surface area contributed by atoms with E-state index in [1.807, 2.05) is 60.1 Å². The largest absolute Gasteiger partial charge is 0.495 e. The van der Waals surface area contributed by atoms with Crippen LogP contribution in [0, 0.1) is 0 Å². The molecule has 1 N–H and O–H groups in total. The van der Waals surface area contributed by atoms with Crippen molar-refractivity contribution in [3.63, 3.8) is 0 Å². The highest BCUT2D eigenvalue weighted by molar-refractivity contribution is 14.0. The summed E-state index contributed by atoms with van der Waals surface area (Å²) in [6, 6.07) is 18.3. The van der Waals surface area contributed by atoms with Crippen LogP contribution in [0.4, 0.5) is 5.69 Å². The van der Waals surface area contributed by atoms with Crippen LogP contribution in [0.3, 0.4) is 0 Å². The molecule has 1 aliphatic heterocycles. The van der Waals surface area contributed by atoms with Crippen LogP contribution in [-0.4, -0.2) is 66.0 Å². The van der Waals surface area contributed by atoms with Gasteiger partial charge in [0.1, 0.15) is 12.1 Å². The number of methoxy groups -OCH3 is 1. The van der Waals surface area contributed by atoms with Gasteiger partial charge in [0.05, 0.1) is 19.3 Å². The predicted molar refractivity (Wildman–Crippen MR) is 134 cm³/mol. The van der Waals surface area contributed by atoms with Crippen LogP contribution in [0.5, 0.6) is 5.75 Å². The Hall–Kier alpha value is -2.82. The van der Waals surface area contributed by atoms with Gasteiger partial charge in [0.2, 0.25) is 0 Å². The number of anilines is 1. The maximum atomic E-state index is 5.52. The number of para-hydroxylation sites is 3. The molecule has 0 spiro atoms. The molecular formula is C22H28IN7O. The molecule has 3 aromatic rings. The number of rotatable bonds is 5. The minimum Gasteiger partial charge on any atom is -0.495 e. The lowest BCUT2D eigenvalue weighted by Gasteiger charge is -2.38. The summed E-state index contributed by atoms with van der Waals surface area (Å²) in [6.45, 7) is 4.11. The Labute approximate surface area is 200 Å². The van der Waals surface area contributed by atoms with Crippen LogP contribution in [-0.2, 0) is 6.54 Å². The maximum Gasteiger partial charge on any atom is 0.194 e. The summed E-state index contributed by atoms with van der Waals surface area (Å²) in [6.07, 6.45) is 1.74. The second-order valence-electron chi connectivity index (χ2n) is 7.00. The van der Waals surface area contributed by atoms with Crippen LogP contribution in [0.15, 0.2) is 65.9 Å². The molecule has 0 saturated carbocycles. The molecule has 4 rings (SSSR count). The maximum absolute atomic E-state index is 5.52. The molecule has 0 atom stereocenters. The van der Waals surface area contributed by atoms with E-state index >= 15 is 0 Å². The first kappa shape index (κ1) is 22.9. The van der Waals surface area contributed by atoms with Gasteiger partial charge < -0.3 is 19.9 Å². The average Bonchev–Trinajstić information content (AvgIpc) is 3.29. The van der Waals surface area contributed by atoms with Crippen molar-refractivity contribution in [1.29, 1.82) is 0 Å². The third kappa shape index (κ3) is 5.27. The molecule has 9 heteroatoms. The first-order valence-electron chi connectivity index (χ1n) is 10.1. The van der Waals surface area contributed by atoms with Crippen molar-refractivity contribution in [2.75, 3.05) is 45.2 Å². The number of nitrogens with one attached hydrogen (secondary N) is 1. The van der Waals surface area contributed by atoms with E-state index in [1.165, 1.54) is 0 Å². The summed E-state index contributed by atoms with van der Waals surface area (Å²) in [7, 11) is 3.53. The summed E-state index contributed by atoms with van der Waals surface area (Å²) in [5, 5.41) is 11.8. The van der Waals surface area contributed by atoms with Crippen LogP contribution in [0.2, 0.25) is 0 Å². The van der Waals surface area contributed by atoms with Crippen molar-refractivity contribution in [3.8, 4) is 11.4 Å². The standard InChI is InChI=1S/C22H27N7O.HI/c1-23-22(24-16-21-26-25-17-29(21)18-8-4-3-5-9-18)28-14-12-27(13-15-28)19-10-6-7-11-20(19)30-2;/h3-11,17H,12-16H2,1-2H3,(H,23,24);1H. The normalized spacial score (nSPS) is 14.2. The third-order valence-corrected chi connectivity index (χ3v) is 5.27. The van der Waals surface area contributed by atoms with Crippen molar-refractivity contribution in [1.82, 2.24) is 25.0 Å². The van der Waals surface area contributed by atoms with Gasteiger partial charge in [0.25, 0.3) is 0 Å². The molecule has 0 aliphatic carbocycles. The van der Waals surface area contributed by atoms with E-state index < -0.39 is 0 Å². The molecule has 1 aliphatic rings. The summed E-state index contributed by atoms with van der Waals surface area (Å²) in [5.74, 6) is 2.63. The molecule has 2 heterocycles. The lowest BCUT2D eigenvalue weighted by atomic mass is 10.2. The van der Waals surface area contributed by atoms with Gasteiger partial charge in [-0.3, -0.25) is 9.56 Å². The zero-order valence-corrected chi connectivity index (χ0v) is 20.1. The summed E-state index contributed by atoms with van der Waals surface area (Å²) in [4.78, 5) is 9.10. The number of hydrogen-bond acceptors (Lipinski definition) is 5. The number of benzene rings is 2. The van der Waals surface area contributed by atoms with E-state index in [9.17, 15) is 0 Å². The van der Waals surface area contributed by atoms with Crippen LogP contribution < -0.4 is 15.0 Å². The highest BCUT2D eigenvalue weighted by Gasteiger charge is 2.22. The van der Waals surface area contributed by atoms with Gasteiger partial charge in [-0.05, 0) is 24.3 Å². The molecule has 0 unspecified atom stereocenters. The highest BCUT2D eigenvalue weighted by atomic mass is 127. The highest BCUT2D eigenvalue weighted by Crippen LogP contribution is 2.28. The topological polar surface area (TPSA) is 70.8 Å². The molecule has 1 saturated heterocycles.